The van der Waals surface area contributed by atoms with E-state index in [0.29, 0.717) is 21.6 Å². The molecule has 2 rings (SSSR count). The maximum absolute atomic E-state index is 13.6. The molecular formula is C11H13BrClFN2. The summed E-state index contributed by atoms with van der Waals surface area (Å²) in [7, 11) is 1.86. The van der Waals surface area contributed by atoms with E-state index in [0.717, 1.165) is 19.4 Å². The first-order valence-electron chi connectivity index (χ1n) is 5.22. The molecule has 0 saturated heterocycles. The van der Waals surface area contributed by atoms with Crippen LogP contribution >= 0.6 is 27.5 Å². The molecule has 1 heterocycles. The first-order chi connectivity index (χ1) is 7.56. The van der Waals surface area contributed by atoms with Crippen LogP contribution in [-0.4, -0.2) is 24.0 Å². The van der Waals surface area contributed by atoms with Crippen LogP contribution in [0.4, 0.5) is 10.2 Å². The topological polar surface area (TPSA) is 16.1 Å². The fraction of sp³-hybridized carbons (Fsp3) is 0.545. The molecule has 16 heavy (non-hydrogen) atoms. The van der Waals surface area contributed by atoms with Gasteiger partial charge in [-0.25, -0.2) is 9.37 Å². The monoisotopic (exact) mass is 306 g/mol. The Kier molecular flexibility index (Phi) is 3.70. The lowest BCUT2D eigenvalue weighted by Crippen LogP contribution is -2.35. The number of nitrogens with zero attached hydrogens (tertiary/aromatic N) is 2. The van der Waals surface area contributed by atoms with Gasteiger partial charge in [0.15, 0.2) is 11.6 Å². The Morgan fingerprint density at radius 1 is 1.62 bits per heavy atom. The van der Waals surface area contributed by atoms with Crippen LogP contribution < -0.4 is 4.90 Å². The van der Waals surface area contributed by atoms with Crippen LogP contribution in [0.25, 0.3) is 0 Å². The second-order valence-corrected chi connectivity index (χ2v) is 5.81. The van der Waals surface area contributed by atoms with Crippen LogP contribution in [0.5, 0.6) is 0 Å². The van der Waals surface area contributed by atoms with Crippen LogP contribution in [0.15, 0.2) is 16.7 Å². The minimum Gasteiger partial charge on any atom is -0.357 e. The second-order valence-electron chi connectivity index (χ2n) is 4.27. The third kappa shape index (κ3) is 2.66. The van der Waals surface area contributed by atoms with Gasteiger partial charge < -0.3 is 4.90 Å². The predicted molar refractivity (Wildman–Crippen MR) is 67.5 cm³/mol. The van der Waals surface area contributed by atoms with Gasteiger partial charge in [-0.3, -0.25) is 0 Å². The number of halogens is 3. The smallest absolute Gasteiger partial charge is 0.166 e. The fourth-order valence-electron chi connectivity index (χ4n) is 1.97. The summed E-state index contributed by atoms with van der Waals surface area (Å²) >= 11 is 9.10. The summed E-state index contributed by atoms with van der Waals surface area (Å²) < 4.78 is 14.2. The number of pyridine rings is 1. The summed E-state index contributed by atoms with van der Waals surface area (Å²) in [5, 5.41) is 0.307. The average molecular weight is 308 g/mol. The van der Waals surface area contributed by atoms with E-state index in [4.69, 9.17) is 11.6 Å². The van der Waals surface area contributed by atoms with Crippen molar-refractivity contribution >= 4 is 33.3 Å². The number of rotatable bonds is 3. The van der Waals surface area contributed by atoms with Gasteiger partial charge in [-0.05, 0) is 40.8 Å². The SMILES string of the molecule is CN(CC1CC(Cl)C1)c1ncc(Br)cc1F. The molecule has 0 aromatic carbocycles. The molecule has 0 aliphatic heterocycles. The highest BCUT2D eigenvalue weighted by atomic mass is 79.9. The van der Waals surface area contributed by atoms with Gasteiger partial charge in [-0.2, -0.15) is 0 Å². The van der Waals surface area contributed by atoms with Crippen molar-refractivity contribution in [3.8, 4) is 0 Å². The number of alkyl halides is 1. The lowest BCUT2D eigenvalue weighted by atomic mass is 9.84. The lowest BCUT2D eigenvalue weighted by molar-refractivity contribution is 0.328. The van der Waals surface area contributed by atoms with Gasteiger partial charge in [-0.1, -0.05) is 0 Å². The highest BCUT2D eigenvalue weighted by Gasteiger charge is 2.28. The summed E-state index contributed by atoms with van der Waals surface area (Å²) in [6.07, 6.45) is 3.65. The van der Waals surface area contributed by atoms with Crippen LogP contribution in [0.1, 0.15) is 12.8 Å². The first kappa shape index (κ1) is 12.1. The molecule has 0 unspecified atom stereocenters. The quantitative estimate of drug-likeness (QED) is 0.795. The van der Waals surface area contributed by atoms with Gasteiger partial charge in [0.2, 0.25) is 0 Å². The number of anilines is 1. The number of aromatic nitrogens is 1. The van der Waals surface area contributed by atoms with Gasteiger partial charge in [0.25, 0.3) is 0 Å². The molecular weight excluding hydrogens is 294 g/mol. The highest BCUT2D eigenvalue weighted by Crippen LogP contribution is 2.33. The molecule has 1 aromatic heterocycles. The Hall–Kier alpha value is -0.350. The minimum absolute atomic E-state index is 0.293. The van der Waals surface area contributed by atoms with Gasteiger partial charge >= 0.3 is 0 Å². The van der Waals surface area contributed by atoms with Crippen molar-refractivity contribution in [2.75, 3.05) is 18.5 Å². The zero-order valence-corrected chi connectivity index (χ0v) is 11.3. The molecule has 1 aliphatic rings. The standard InChI is InChI=1S/C11H13BrClFN2/c1-16(6-7-2-9(13)3-7)11-10(14)4-8(12)5-15-11/h4-5,7,9H,2-3,6H2,1H3. The van der Waals surface area contributed by atoms with E-state index >= 15 is 0 Å². The molecule has 1 aromatic rings. The van der Waals surface area contributed by atoms with Gasteiger partial charge in [-0.15, -0.1) is 11.6 Å². The molecule has 0 radical (unpaired) electrons. The van der Waals surface area contributed by atoms with Gasteiger partial charge in [0.05, 0.1) is 0 Å². The maximum Gasteiger partial charge on any atom is 0.166 e. The zero-order chi connectivity index (χ0) is 11.7. The Bertz CT molecular complexity index is 382. The molecule has 0 spiro atoms. The number of hydrogen-bond acceptors (Lipinski definition) is 2. The van der Waals surface area contributed by atoms with Crippen molar-refractivity contribution in [1.82, 2.24) is 4.98 Å². The normalized spacial score (nSPS) is 24.0. The first-order valence-corrected chi connectivity index (χ1v) is 6.45. The molecule has 0 bridgehead atoms. The molecule has 0 amide bonds. The van der Waals surface area contributed by atoms with Gasteiger partial charge in [0.1, 0.15) is 0 Å². The Morgan fingerprint density at radius 2 is 2.31 bits per heavy atom. The van der Waals surface area contributed by atoms with Crippen molar-refractivity contribution < 1.29 is 4.39 Å². The van der Waals surface area contributed by atoms with E-state index < -0.39 is 0 Å². The molecule has 5 heteroatoms. The molecule has 0 N–H and O–H groups in total. The summed E-state index contributed by atoms with van der Waals surface area (Å²) in [4.78, 5) is 5.94. The largest absolute Gasteiger partial charge is 0.357 e. The minimum atomic E-state index is -0.293. The molecule has 88 valence electrons. The second kappa shape index (κ2) is 4.88. The van der Waals surface area contributed by atoms with Crippen molar-refractivity contribution in [1.29, 1.82) is 0 Å². The van der Waals surface area contributed by atoms with E-state index in [1.165, 1.54) is 6.07 Å². The summed E-state index contributed by atoms with van der Waals surface area (Å²) in [6, 6.07) is 1.43. The maximum atomic E-state index is 13.6. The molecule has 1 saturated carbocycles. The highest BCUT2D eigenvalue weighted by molar-refractivity contribution is 9.10. The van der Waals surface area contributed by atoms with Crippen LogP contribution in [0.2, 0.25) is 0 Å². The third-order valence-electron chi connectivity index (χ3n) is 2.86. The van der Waals surface area contributed by atoms with E-state index in [1.54, 1.807) is 6.20 Å². The molecule has 1 aliphatic carbocycles. The Morgan fingerprint density at radius 3 is 2.88 bits per heavy atom. The van der Waals surface area contributed by atoms with E-state index in [2.05, 4.69) is 20.9 Å². The fourth-order valence-corrected chi connectivity index (χ4v) is 2.77. The predicted octanol–water partition coefficient (Wildman–Crippen LogP) is 3.44. The Labute approximate surface area is 108 Å². The lowest BCUT2D eigenvalue weighted by Gasteiger charge is -2.34. The van der Waals surface area contributed by atoms with E-state index in [-0.39, 0.29) is 5.82 Å². The van der Waals surface area contributed by atoms with Gasteiger partial charge in [0, 0.05) is 29.6 Å². The van der Waals surface area contributed by atoms with E-state index in [1.807, 2.05) is 11.9 Å². The summed E-state index contributed by atoms with van der Waals surface area (Å²) in [5.41, 5.74) is 0. The molecule has 2 nitrogen and oxygen atoms in total. The number of hydrogen-bond donors (Lipinski definition) is 0. The molecule has 0 atom stereocenters. The average Bonchev–Trinajstić information content (AvgIpc) is 2.15. The van der Waals surface area contributed by atoms with Crippen molar-refractivity contribution in [2.45, 2.75) is 18.2 Å². The Balaban J connectivity index is 2.00. The van der Waals surface area contributed by atoms with Crippen LogP contribution in [0, 0.1) is 11.7 Å². The zero-order valence-electron chi connectivity index (χ0n) is 8.96. The van der Waals surface area contributed by atoms with E-state index in [9.17, 15) is 4.39 Å². The summed E-state index contributed by atoms with van der Waals surface area (Å²) in [5.74, 6) is 0.678. The molecule has 1 fully saturated rings. The van der Waals surface area contributed by atoms with Crippen LogP contribution in [-0.2, 0) is 0 Å². The summed E-state index contributed by atoms with van der Waals surface area (Å²) in [6.45, 7) is 0.814. The van der Waals surface area contributed by atoms with Crippen LogP contribution in [0.3, 0.4) is 0 Å². The van der Waals surface area contributed by atoms with Crippen molar-refractivity contribution in [2.24, 2.45) is 5.92 Å². The third-order valence-corrected chi connectivity index (χ3v) is 3.65. The van der Waals surface area contributed by atoms with Crippen molar-refractivity contribution in [3.05, 3.63) is 22.6 Å². The van der Waals surface area contributed by atoms with Crippen molar-refractivity contribution in [3.63, 3.8) is 0 Å².